The SMILES string of the molecule is CCCCC1CCN(S(=O)[O-])C1. The summed E-state index contributed by atoms with van der Waals surface area (Å²) in [7, 11) is 0. The molecule has 2 unspecified atom stereocenters. The first-order chi connectivity index (χ1) is 5.74. The van der Waals surface area contributed by atoms with Crippen molar-refractivity contribution >= 4 is 11.3 Å². The summed E-state index contributed by atoms with van der Waals surface area (Å²) in [6, 6.07) is 0. The second kappa shape index (κ2) is 4.94. The minimum absolute atomic E-state index is 0.614. The Kier molecular flexibility index (Phi) is 4.18. The number of hydrogen-bond donors (Lipinski definition) is 0. The van der Waals surface area contributed by atoms with Crippen molar-refractivity contribution in [2.45, 2.75) is 32.6 Å². The molecule has 0 aromatic rings. The predicted molar refractivity (Wildman–Crippen MR) is 48.1 cm³/mol. The van der Waals surface area contributed by atoms with Gasteiger partial charge in [-0.2, -0.15) is 0 Å². The third-order valence-electron chi connectivity index (χ3n) is 2.43. The Bertz CT molecular complexity index is 163. The van der Waals surface area contributed by atoms with Gasteiger partial charge >= 0.3 is 0 Å². The van der Waals surface area contributed by atoms with E-state index in [1.54, 1.807) is 0 Å². The van der Waals surface area contributed by atoms with E-state index in [1.165, 1.54) is 23.6 Å². The quantitative estimate of drug-likeness (QED) is 0.627. The van der Waals surface area contributed by atoms with Crippen molar-refractivity contribution in [3.8, 4) is 0 Å². The van der Waals surface area contributed by atoms with Gasteiger partial charge in [-0.05, 0) is 18.8 Å². The van der Waals surface area contributed by atoms with Crippen LogP contribution in [0.5, 0.6) is 0 Å². The summed E-state index contributed by atoms with van der Waals surface area (Å²) in [6.45, 7) is 3.64. The fourth-order valence-electron chi connectivity index (χ4n) is 1.66. The van der Waals surface area contributed by atoms with E-state index in [9.17, 15) is 8.76 Å². The third kappa shape index (κ3) is 2.84. The van der Waals surface area contributed by atoms with Crippen LogP contribution in [0.15, 0.2) is 0 Å². The normalized spacial score (nSPS) is 27.7. The second-order valence-corrected chi connectivity index (χ2v) is 4.35. The summed E-state index contributed by atoms with van der Waals surface area (Å²) < 4.78 is 22.6. The third-order valence-corrected chi connectivity index (χ3v) is 3.18. The lowest BCUT2D eigenvalue weighted by molar-refractivity contribution is 0.416. The Balaban J connectivity index is 2.21. The minimum Gasteiger partial charge on any atom is -0.760 e. The second-order valence-electron chi connectivity index (χ2n) is 3.40. The molecule has 0 saturated carbocycles. The van der Waals surface area contributed by atoms with Crippen LogP contribution in [0.2, 0.25) is 0 Å². The van der Waals surface area contributed by atoms with Crippen molar-refractivity contribution in [1.29, 1.82) is 0 Å². The van der Waals surface area contributed by atoms with Gasteiger partial charge in [0.05, 0.1) is 0 Å². The first-order valence-electron chi connectivity index (χ1n) is 4.58. The van der Waals surface area contributed by atoms with E-state index < -0.39 is 11.3 Å². The Morgan fingerprint density at radius 2 is 2.42 bits per heavy atom. The molecule has 0 radical (unpaired) electrons. The smallest absolute Gasteiger partial charge is 0.0209 e. The van der Waals surface area contributed by atoms with Crippen LogP contribution < -0.4 is 0 Å². The Morgan fingerprint density at radius 1 is 1.67 bits per heavy atom. The molecule has 0 bridgehead atoms. The largest absolute Gasteiger partial charge is 0.760 e. The first-order valence-corrected chi connectivity index (χ1v) is 5.61. The van der Waals surface area contributed by atoms with Crippen LogP contribution in [0.1, 0.15) is 32.6 Å². The Labute approximate surface area is 76.6 Å². The van der Waals surface area contributed by atoms with Crippen LogP contribution in [0.3, 0.4) is 0 Å². The van der Waals surface area contributed by atoms with Gasteiger partial charge in [-0.1, -0.05) is 19.8 Å². The molecule has 1 heterocycles. The van der Waals surface area contributed by atoms with E-state index in [-0.39, 0.29) is 0 Å². The summed E-state index contributed by atoms with van der Waals surface area (Å²) in [4.78, 5) is 0. The van der Waals surface area contributed by atoms with Crippen LogP contribution in [-0.2, 0) is 11.3 Å². The molecule has 12 heavy (non-hydrogen) atoms. The van der Waals surface area contributed by atoms with Crippen LogP contribution in [0.4, 0.5) is 0 Å². The van der Waals surface area contributed by atoms with Gasteiger partial charge in [-0.3, -0.25) is 4.21 Å². The van der Waals surface area contributed by atoms with Gasteiger partial charge in [-0.15, -0.1) is 0 Å². The molecule has 2 atom stereocenters. The van der Waals surface area contributed by atoms with E-state index in [1.807, 2.05) is 0 Å². The molecule has 1 saturated heterocycles. The standard InChI is InChI=1S/C8H17NO2S/c1-2-3-4-8-5-6-9(7-8)12(10)11/h8H,2-7H2,1H3,(H,10,11)/p-1. The van der Waals surface area contributed by atoms with Crippen molar-refractivity contribution in [2.75, 3.05) is 13.1 Å². The highest BCUT2D eigenvalue weighted by Crippen LogP contribution is 2.21. The van der Waals surface area contributed by atoms with Gasteiger partial charge in [0.15, 0.2) is 0 Å². The fourth-order valence-corrected chi connectivity index (χ4v) is 2.25. The highest BCUT2D eigenvalue weighted by molar-refractivity contribution is 7.76. The summed E-state index contributed by atoms with van der Waals surface area (Å²) >= 11 is -1.98. The van der Waals surface area contributed by atoms with Crippen molar-refractivity contribution < 1.29 is 8.76 Å². The fraction of sp³-hybridized carbons (Fsp3) is 1.00. The molecule has 72 valence electrons. The van der Waals surface area contributed by atoms with Crippen LogP contribution >= 0.6 is 0 Å². The molecule has 0 N–H and O–H groups in total. The van der Waals surface area contributed by atoms with E-state index >= 15 is 0 Å². The molecular weight excluding hydrogens is 174 g/mol. The van der Waals surface area contributed by atoms with Crippen molar-refractivity contribution in [3.05, 3.63) is 0 Å². The highest BCUT2D eigenvalue weighted by Gasteiger charge is 2.21. The number of rotatable bonds is 4. The molecule has 4 heteroatoms. The van der Waals surface area contributed by atoms with Gasteiger partial charge in [0, 0.05) is 24.4 Å². The molecule has 1 fully saturated rings. The molecule has 0 aromatic carbocycles. The Morgan fingerprint density at radius 3 is 2.92 bits per heavy atom. The lowest BCUT2D eigenvalue weighted by Crippen LogP contribution is -2.22. The summed E-state index contributed by atoms with van der Waals surface area (Å²) in [5, 5.41) is 0. The topological polar surface area (TPSA) is 43.4 Å². The minimum atomic E-state index is -1.98. The van der Waals surface area contributed by atoms with E-state index in [0.717, 1.165) is 19.5 Å². The molecular formula is C8H16NO2S-. The van der Waals surface area contributed by atoms with Crippen molar-refractivity contribution in [3.63, 3.8) is 0 Å². The Hall–Kier alpha value is 0.0700. The van der Waals surface area contributed by atoms with Gasteiger partial charge in [-0.25, -0.2) is 4.31 Å². The van der Waals surface area contributed by atoms with E-state index in [2.05, 4.69) is 6.92 Å². The number of hydrogen-bond acceptors (Lipinski definition) is 2. The zero-order valence-corrected chi connectivity index (χ0v) is 8.31. The molecule has 3 nitrogen and oxygen atoms in total. The number of unbranched alkanes of at least 4 members (excludes halogenated alkanes) is 1. The van der Waals surface area contributed by atoms with Crippen LogP contribution in [0, 0.1) is 5.92 Å². The predicted octanol–water partition coefficient (Wildman–Crippen LogP) is 1.29. The zero-order valence-electron chi connectivity index (χ0n) is 7.49. The van der Waals surface area contributed by atoms with Gasteiger partial charge in [0.2, 0.25) is 0 Å². The number of nitrogens with zero attached hydrogens (tertiary/aromatic N) is 1. The maximum absolute atomic E-state index is 10.5. The average molecular weight is 190 g/mol. The van der Waals surface area contributed by atoms with Gasteiger partial charge in [0.1, 0.15) is 0 Å². The highest BCUT2D eigenvalue weighted by atomic mass is 32.2. The average Bonchev–Trinajstić information content (AvgIpc) is 2.48. The van der Waals surface area contributed by atoms with E-state index in [0.29, 0.717) is 5.92 Å². The maximum Gasteiger partial charge on any atom is 0.0209 e. The van der Waals surface area contributed by atoms with Crippen LogP contribution in [-0.4, -0.2) is 26.2 Å². The lowest BCUT2D eigenvalue weighted by Gasteiger charge is -2.17. The molecule has 0 aliphatic carbocycles. The van der Waals surface area contributed by atoms with Crippen LogP contribution in [0.25, 0.3) is 0 Å². The van der Waals surface area contributed by atoms with Crippen molar-refractivity contribution in [2.24, 2.45) is 5.92 Å². The molecule has 0 amide bonds. The lowest BCUT2D eigenvalue weighted by atomic mass is 10.0. The molecule has 0 spiro atoms. The molecule has 0 aromatic heterocycles. The maximum atomic E-state index is 10.5. The van der Waals surface area contributed by atoms with E-state index in [4.69, 9.17) is 0 Å². The first kappa shape index (κ1) is 10.2. The van der Waals surface area contributed by atoms with Crippen molar-refractivity contribution in [1.82, 2.24) is 4.31 Å². The van der Waals surface area contributed by atoms with Gasteiger partial charge in [0.25, 0.3) is 0 Å². The summed E-state index contributed by atoms with van der Waals surface area (Å²) in [6.07, 6.45) is 4.67. The molecule has 1 aliphatic heterocycles. The van der Waals surface area contributed by atoms with Gasteiger partial charge < -0.3 is 4.55 Å². The monoisotopic (exact) mass is 190 g/mol. The molecule has 1 rings (SSSR count). The zero-order chi connectivity index (χ0) is 8.97. The summed E-state index contributed by atoms with van der Waals surface area (Å²) in [5.74, 6) is 0.614. The summed E-state index contributed by atoms with van der Waals surface area (Å²) in [5.41, 5.74) is 0. The molecule has 1 aliphatic rings.